The summed E-state index contributed by atoms with van der Waals surface area (Å²) in [5, 5.41) is 3.16. The fraction of sp³-hybridized carbons (Fsp3) is 0.556. The van der Waals surface area contributed by atoms with E-state index in [0.29, 0.717) is 5.92 Å². The molecule has 1 N–H and O–H groups in total. The molecule has 0 radical (unpaired) electrons. The smallest absolute Gasteiger partial charge is 0.223 e. The molecule has 0 bridgehead atoms. The number of amides is 1. The van der Waals surface area contributed by atoms with Crippen molar-refractivity contribution in [3.8, 4) is 5.75 Å². The molecular formula is C18H26ClFN2O3. The lowest BCUT2D eigenvalue weighted by Crippen LogP contribution is -2.40. The number of piperidine rings is 1. The highest BCUT2D eigenvalue weighted by Crippen LogP contribution is 2.20. The predicted octanol–water partition coefficient (Wildman–Crippen LogP) is 2.68. The summed E-state index contributed by atoms with van der Waals surface area (Å²) in [6.45, 7) is 2.47. The van der Waals surface area contributed by atoms with Crippen LogP contribution in [-0.2, 0) is 4.79 Å². The molecule has 0 spiro atoms. The third kappa shape index (κ3) is 5.97. The molecule has 1 amide bonds. The minimum absolute atomic E-state index is 0. The highest BCUT2D eigenvalue weighted by Gasteiger charge is 2.22. The molecule has 1 aromatic carbocycles. The fourth-order valence-electron chi connectivity index (χ4n) is 3.04. The maximum Gasteiger partial charge on any atom is 0.223 e. The molecule has 0 saturated carbocycles. The number of halogens is 2. The van der Waals surface area contributed by atoms with E-state index in [9.17, 15) is 14.0 Å². The number of rotatable bonds is 7. The molecule has 7 heteroatoms. The lowest BCUT2D eigenvalue weighted by atomic mass is 9.96. The summed E-state index contributed by atoms with van der Waals surface area (Å²) < 4.78 is 18.5. The fourth-order valence-corrected chi connectivity index (χ4v) is 3.04. The Labute approximate surface area is 154 Å². The number of ketones is 1. The molecule has 0 aromatic heterocycles. The van der Waals surface area contributed by atoms with Gasteiger partial charge in [0.25, 0.3) is 0 Å². The summed E-state index contributed by atoms with van der Waals surface area (Å²) in [7, 11) is 3.31. The topological polar surface area (TPSA) is 58.6 Å². The summed E-state index contributed by atoms with van der Waals surface area (Å²) in [5.41, 5.74) is 0.272. The van der Waals surface area contributed by atoms with Gasteiger partial charge >= 0.3 is 0 Å². The van der Waals surface area contributed by atoms with E-state index >= 15 is 0 Å². The first-order chi connectivity index (χ1) is 11.5. The second-order valence-electron chi connectivity index (χ2n) is 6.15. The van der Waals surface area contributed by atoms with Gasteiger partial charge in [0.05, 0.1) is 7.11 Å². The minimum Gasteiger partial charge on any atom is -0.494 e. The van der Waals surface area contributed by atoms with Gasteiger partial charge in [0.2, 0.25) is 5.91 Å². The van der Waals surface area contributed by atoms with E-state index in [1.54, 1.807) is 0 Å². The molecule has 25 heavy (non-hydrogen) atoms. The maximum absolute atomic E-state index is 13.6. The molecule has 1 saturated heterocycles. The van der Waals surface area contributed by atoms with Gasteiger partial charge in [-0.1, -0.05) is 0 Å². The average Bonchev–Trinajstić information content (AvgIpc) is 2.60. The van der Waals surface area contributed by atoms with Gasteiger partial charge in [0.1, 0.15) is 0 Å². The van der Waals surface area contributed by atoms with Crippen LogP contribution in [0, 0.1) is 11.7 Å². The van der Waals surface area contributed by atoms with Crippen molar-refractivity contribution in [2.45, 2.75) is 25.7 Å². The SMILES string of the molecule is CNCC1CCN(C(=O)CCC(=O)c2ccc(OC)c(F)c2)CC1.Cl. The van der Waals surface area contributed by atoms with E-state index < -0.39 is 5.82 Å². The van der Waals surface area contributed by atoms with Gasteiger partial charge < -0.3 is 15.0 Å². The number of ether oxygens (including phenoxy) is 1. The van der Waals surface area contributed by atoms with Crippen LogP contribution >= 0.6 is 12.4 Å². The van der Waals surface area contributed by atoms with Crippen LogP contribution in [0.2, 0.25) is 0 Å². The van der Waals surface area contributed by atoms with Crippen LogP contribution in [-0.4, -0.2) is 50.4 Å². The first-order valence-corrected chi connectivity index (χ1v) is 8.34. The molecule has 1 aromatic rings. The van der Waals surface area contributed by atoms with Crippen LogP contribution in [0.5, 0.6) is 5.75 Å². The Morgan fingerprint density at radius 3 is 2.52 bits per heavy atom. The lowest BCUT2D eigenvalue weighted by molar-refractivity contribution is -0.132. The number of likely N-dealkylation sites (tertiary alicyclic amines) is 1. The van der Waals surface area contributed by atoms with Gasteiger partial charge in [-0.25, -0.2) is 4.39 Å². The average molecular weight is 373 g/mol. The third-order valence-electron chi connectivity index (χ3n) is 4.50. The zero-order chi connectivity index (χ0) is 17.5. The predicted molar refractivity (Wildman–Crippen MR) is 97.0 cm³/mol. The number of methoxy groups -OCH3 is 1. The van der Waals surface area contributed by atoms with Crippen molar-refractivity contribution >= 4 is 24.1 Å². The largest absolute Gasteiger partial charge is 0.494 e. The van der Waals surface area contributed by atoms with Gasteiger partial charge in [-0.15, -0.1) is 12.4 Å². The zero-order valence-electron chi connectivity index (χ0n) is 14.7. The molecule has 1 aliphatic rings. The Kier molecular flexibility index (Phi) is 8.86. The standard InChI is InChI=1S/C18H25FN2O3.ClH/c1-20-12-13-7-9-21(10-8-13)18(23)6-4-16(22)14-3-5-17(24-2)15(19)11-14;/h3,5,11,13,20H,4,6-10,12H2,1-2H3;1H. The van der Waals surface area contributed by atoms with Crippen LogP contribution < -0.4 is 10.1 Å². The summed E-state index contributed by atoms with van der Waals surface area (Å²) in [4.78, 5) is 26.2. The van der Waals surface area contributed by atoms with Crippen LogP contribution in [0.3, 0.4) is 0 Å². The van der Waals surface area contributed by atoms with E-state index in [0.717, 1.165) is 38.5 Å². The molecule has 0 aliphatic carbocycles. The molecule has 0 atom stereocenters. The van der Waals surface area contributed by atoms with E-state index in [1.807, 2.05) is 11.9 Å². The number of hydrogen-bond acceptors (Lipinski definition) is 4. The summed E-state index contributed by atoms with van der Waals surface area (Å²) in [6.07, 6.45) is 2.25. The molecule has 1 heterocycles. The van der Waals surface area contributed by atoms with Crippen molar-refractivity contribution in [3.63, 3.8) is 0 Å². The number of Topliss-reactive ketones (excluding diaryl/α,β-unsaturated/α-hetero) is 1. The third-order valence-corrected chi connectivity index (χ3v) is 4.50. The Morgan fingerprint density at radius 2 is 1.96 bits per heavy atom. The Balaban J connectivity index is 0.00000312. The van der Waals surface area contributed by atoms with Crippen molar-refractivity contribution in [3.05, 3.63) is 29.6 Å². The van der Waals surface area contributed by atoms with Gasteiger partial charge in [-0.3, -0.25) is 9.59 Å². The van der Waals surface area contributed by atoms with Gasteiger partial charge in [-0.2, -0.15) is 0 Å². The summed E-state index contributed by atoms with van der Waals surface area (Å²) in [6, 6.07) is 4.11. The van der Waals surface area contributed by atoms with Crippen LogP contribution in [0.15, 0.2) is 18.2 Å². The van der Waals surface area contributed by atoms with Gasteiger partial charge in [0.15, 0.2) is 17.3 Å². The second kappa shape index (κ2) is 10.4. The minimum atomic E-state index is -0.568. The number of carbonyl (C=O) groups is 2. The summed E-state index contributed by atoms with van der Waals surface area (Å²) >= 11 is 0. The normalized spacial score (nSPS) is 14.8. The Bertz CT molecular complexity index is 590. The molecule has 2 rings (SSSR count). The van der Waals surface area contributed by atoms with E-state index in [4.69, 9.17) is 4.74 Å². The highest BCUT2D eigenvalue weighted by molar-refractivity contribution is 5.98. The van der Waals surface area contributed by atoms with Crippen LogP contribution in [0.25, 0.3) is 0 Å². The lowest BCUT2D eigenvalue weighted by Gasteiger charge is -2.32. The van der Waals surface area contributed by atoms with Crippen molar-refractivity contribution in [1.82, 2.24) is 10.2 Å². The Morgan fingerprint density at radius 1 is 1.28 bits per heavy atom. The van der Waals surface area contributed by atoms with E-state index in [1.165, 1.54) is 19.2 Å². The quantitative estimate of drug-likeness (QED) is 0.747. The molecular weight excluding hydrogens is 347 g/mol. The number of hydrogen-bond donors (Lipinski definition) is 1. The molecule has 1 fully saturated rings. The number of carbonyl (C=O) groups excluding carboxylic acids is 2. The number of benzene rings is 1. The van der Waals surface area contributed by atoms with E-state index in [2.05, 4.69) is 5.32 Å². The maximum atomic E-state index is 13.6. The molecule has 1 aliphatic heterocycles. The zero-order valence-corrected chi connectivity index (χ0v) is 15.5. The van der Waals surface area contributed by atoms with Crippen LogP contribution in [0.4, 0.5) is 4.39 Å². The number of nitrogens with zero attached hydrogens (tertiary/aromatic N) is 1. The van der Waals surface area contributed by atoms with Crippen molar-refractivity contribution < 1.29 is 18.7 Å². The first-order valence-electron chi connectivity index (χ1n) is 8.34. The molecule has 140 valence electrons. The first kappa shape index (κ1) is 21.4. The highest BCUT2D eigenvalue weighted by atomic mass is 35.5. The molecule has 0 unspecified atom stereocenters. The van der Waals surface area contributed by atoms with E-state index in [-0.39, 0.29) is 48.3 Å². The van der Waals surface area contributed by atoms with Gasteiger partial charge in [0, 0.05) is 31.5 Å². The van der Waals surface area contributed by atoms with Crippen molar-refractivity contribution in [2.75, 3.05) is 33.8 Å². The van der Waals surface area contributed by atoms with Crippen molar-refractivity contribution in [2.24, 2.45) is 5.92 Å². The summed E-state index contributed by atoms with van der Waals surface area (Å²) in [5.74, 6) is -0.0773. The van der Waals surface area contributed by atoms with Crippen molar-refractivity contribution in [1.29, 1.82) is 0 Å². The molecule has 5 nitrogen and oxygen atoms in total. The Hall–Kier alpha value is -1.66. The monoisotopic (exact) mass is 372 g/mol. The van der Waals surface area contributed by atoms with Crippen LogP contribution in [0.1, 0.15) is 36.0 Å². The number of nitrogens with one attached hydrogen (secondary N) is 1. The van der Waals surface area contributed by atoms with Gasteiger partial charge in [-0.05, 0) is 50.6 Å². The second-order valence-corrected chi connectivity index (χ2v) is 6.15.